The highest BCUT2D eigenvalue weighted by Gasteiger charge is 2.27. The zero-order valence-corrected chi connectivity index (χ0v) is 59.9. The van der Waals surface area contributed by atoms with Crippen LogP contribution < -0.4 is 0 Å². The smallest absolute Gasteiger partial charge is 0.0274 e. The summed E-state index contributed by atoms with van der Waals surface area (Å²) in [6, 6.07) is 7.87. The van der Waals surface area contributed by atoms with E-state index in [4.69, 9.17) is 0 Å². The van der Waals surface area contributed by atoms with Gasteiger partial charge in [-0.05, 0) is 240 Å². The fourth-order valence-electron chi connectivity index (χ4n) is 12.0. The number of likely N-dealkylation sites (tertiary alicyclic amines) is 3. The summed E-state index contributed by atoms with van der Waals surface area (Å²) >= 11 is 0. The van der Waals surface area contributed by atoms with Crippen molar-refractivity contribution >= 4 is 0 Å². The first kappa shape index (κ1) is 77.5. The van der Waals surface area contributed by atoms with Crippen molar-refractivity contribution in [1.29, 1.82) is 0 Å². The van der Waals surface area contributed by atoms with Crippen LogP contribution in [0.15, 0.2) is 41.8 Å². The molecule has 0 bridgehead atoms. The maximum Gasteiger partial charge on any atom is 0.0274 e. The quantitative estimate of drug-likeness (QED) is 0.171. The fraction of sp³-hybridized carbons (Fsp3) is 0.890. The molecule has 0 saturated carbocycles. The van der Waals surface area contributed by atoms with Crippen LogP contribution in [0.25, 0.3) is 0 Å². The molecule has 0 radical (unpaired) electrons. The van der Waals surface area contributed by atoms with Gasteiger partial charge in [0.05, 0.1) is 0 Å². The van der Waals surface area contributed by atoms with E-state index < -0.39 is 0 Å². The van der Waals surface area contributed by atoms with E-state index in [0.717, 1.165) is 90.6 Å². The van der Waals surface area contributed by atoms with E-state index in [-0.39, 0.29) is 0 Å². The molecule has 0 aromatic carbocycles. The molecule has 6 aliphatic heterocycles. The first-order valence-corrected chi connectivity index (χ1v) is 34.5. The van der Waals surface area contributed by atoms with Crippen LogP contribution in [0.3, 0.4) is 0 Å². The van der Waals surface area contributed by atoms with Gasteiger partial charge < -0.3 is 19.3 Å². The molecule has 7 heterocycles. The van der Waals surface area contributed by atoms with Gasteiger partial charge in [-0.15, -0.1) is 0 Å². The highest BCUT2D eigenvalue weighted by molar-refractivity contribution is 5.15. The van der Waals surface area contributed by atoms with Gasteiger partial charge in [0.1, 0.15) is 0 Å². The Balaban J connectivity index is 0.000000473. The molecule has 1 aromatic rings. The molecule has 8 nitrogen and oxygen atoms in total. The molecule has 1 aromatic heterocycles. The van der Waals surface area contributed by atoms with Crippen LogP contribution in [-0.2, 0) is 0 Å². The maximum absolute atomic E-state index is 2.62. The van der Waals surface area contributed by atoms with Crippen molar-refractivity contribution < 1.29 is 0 Å². The minimum atomic E-state index is 0.586. The number of piperidine rings is 2. The normalized spacial score (nSPS) is 21.7. The van der Waals surface area contributed by atoms with Crippen molar-refractivity contribution in [3.63, 3.8) is 0 Å². The van der Waals surface area contributed by atoms with Crippen molar-refractivity contribution in [1.82, 2.24) is 38.9 Å². The van der Waals surface area contributed by atoms with E-state index in [1.54, 1.807) is 11.1 Å². The maximum atomic E-state index is 2.62. The Hall–Kier alpha value is -1.52. The summed E-state index contributed by atoms with van der Waals surface area (Å²) in [4.78, 5) is 17.9. The standard InChI is InChI=1S/C11H23N.C11H21N.C11H23N.C10H22N2.C10H21N.C10H19N.C10H17N/c2*1-9(2)11-5-7-12(8-6-11)10(3)4;1-9(2)11-6-5-7-12(8-11)10(3)4;1-9(2)11-5-7-12(8-6-11)10(3)4;3*1-8(2)10-5-6-11(7-10)9(3)4/h9-11H,5-8H2,1-4H3;5,9-10H,6-8H2,1-4H3;9-11H,5-8H2,1-4H3;9-10H,5-8H2,1-4H3;8-10H,5-7H2,1-4H3;5,8-9H,6-7H2,1-4H3;5-9H,1-4H3. The Morgan fingerprint density at radius 1 is 0.333 bits per heavy atom. The number of aromatic nitrogens is 1. The van der Waals surface area contributed by atoms with Gasteiger partial charge in [0, 0.05) is 126 Å². The average Bonchev–Trinajstić information content (AvgIpc) is 4.24. The van der Waals surface area contributed by atoms with Crippen molar-refractivity contribution in [3.05, 3.63) is 47.3 Å². The first-order valence-electron chi connectivity index (χ1n) is 34.5. The SMILES string of the molecule is CC(C)C1=CCN(C(C)C)C1.CC(C)C1=CCN(C(C)C)CC1.CC(C)C1CCCN(C(C)C)C1.CC(C)C1CCN(C(C)C)C1.CC(C)C1CCN(C(C)C)CC1.CC(C)N1CCN(C(C)C)CC1.CC(C)c1ccn(C(C)C)c1. The molecule has 6 aliphatic rings. The molecule has 81 heavy (non-hydrogen) atoms. The fourth-order valence-corrected chi connectivity index (χ4v) is 12.0. The van der Waals surface area contributed by atoms with Gasteiger partial charge in [-0.3, -0.25) is 19.6 Å². The predicted octanol–water partition coefficient (Wildman–Crippen LogP) is 17.5. The number of piperazine rings is 1. The number of hydrogen-bond donors (Lipinski definition) is 0. The minimum absolute atomic E-state index is 0.586. The Morgan fingerprint density at radius 2 is 0.704 bits per heavy atom. The lowest BCUT2D eigenvalue weighted by molar-refractivity contribution is 0.0887. The van der Waals surface area contributed by atoms with Gasteiger partial charge in [-0.25, -0.2) is 0 Å². The molecule has 478 valence electrons. The Morgan fingerprint density at radius 3 is 1.00 bits per heavy atom. The molecule has 2 unspecified atom stereocenters. The summed E-state index contributed by atoms with van der Waals surface area (Å²) < 4.78 is 2.25. The molecule has 2 atom stereocenters. The van der Waals surface area contributed by atoms with Crippen LogP contribution >= 0.6 is 0 Å². The molecule has 0 spiro atoms. The monoisotopic (exact) mass is 1140 g/mol. The van der Waals surface area contributed by atoms with E-state index in [1.165, 1.54) is 123 Å². The Bertz CT molecular complexity index is 1620. The second kappa shape index (κ2) is 40.8. The summed E-state index contributed by atoms with van der Waals surface area (Å²) in [6.07, 6.45) is 17.5. The van der Waals surface area contributed by atoms with Crippen LogP contribution in [0, 0.1) is 47.3 Å². The van der Waals surface area contributed by atoms with E-state index in [0.29, 0.717) is 24.0 Å². The molecule has 7 rings (SSSR count). The third kappa shape index (κ3) is 31.1. The van der Waals surface area contributed by atoms with Gasteiger partial charge in [-0.2, -0.15) is 0 Å². The second-order valence-electron chi connectivity index (χ2n) is 30.0. The lowest BCUT2D eigenvalue weighted by atomic mass is 9.86. The van der Waals surface area contributed by atoms with Crippen molar-refractivity contribution in [3.8, 4) is 0 Å². The predicted molar refractivity (Wildman–Crippen MR) is 364 cm³/mol. The summed E-state index contributed by atoms with van der Waals surface area (Å²) in [5, 5.41) is 0. The summed E-state index contributed by atoms with van der Waals surface area (Å²) in [6.45, 7) is 81.8. The van der Waals surface area contributed by atoms with Crippen molar-refractivity contribution in [2.45, 2.75) is 287 Å². The number of nitrogens with zero attached hydrogens (tertiary/aromatic N) is 8. The highest BCUT2D eigenvalue weighted by atomic mass is 15.3. The topological polar surface area (TPSA) is 27.6 Å². The summed E-state index contributed by atoms with van der Waals surface area (Å²) in [5.41, 5.74) is 4.68. The molecule has 4 fully saturated rings. The van der Waals surface area contributed by atoms with Gasteiger partial charge in [0.2, 0.25) is 0 Å². The Labute approximate surface area is 509 Å². The molecule has 8 heteroatoms. The van der Waals surface area contributed by atoms with Gasteiger partial charge in [0.15, 0.2) is 0 Å². The van der Waals surface area contributed by atoms with Gasteiger partial charge in [-0.1, -0.05) is 106 Å². The molecular formula is C73H146N8. The number of hydrogen-bond acceptors (Lipinski definition) is 7. The Kier molecular flexibility index (Phi) is 39.0. The first-order chi connectivity index (χ1) is 37.8. The highest BCUT2D eigenvalue weighted by Crippen LogP contribution is 2.28. The molecular weight excluding hydrogens is 989 g/mol. The molecule has 0 aliphatic carbocycles. The lowest BCUT2D eigenvalue weighted by Gasteiger charge is -2.38. The van der Waals surface area contributed by atoms with E-state index >= 15 is 0 Å². The second-order valence-corrected chi connectivity index (χ2v) is 30.0. The molecule has 0 amide bonds. The van der Waals surface area contributed by atoms with E-state index in [9.17, 15) is 0 Å². The zero-order valence-electron chi connectivity index (χ0n) is 59.9. The van der Waals surface area contributed by atoms with Crippen LogP contribution in [0.4, 0.5) is 0 Å². The third-order valence-electron chi connectivity index (χ3n) is 19.3. The van der Waals surface area contributed by atoms with Crippen LogP contribution in [0.2, 0.25) is 0 Å². The van der Waals surface area contributed by atoms with E-state index in [2.05, 4.69) is 263 Å². The average molecular weight is 1140 g/mol. The minimum Gasteiger partial charge on any atom is -0.352 e. The van der Waals surface area contributed by atoms with Gasteiger partial charge in [0.25, 0.3) is 0 Å². The third-order valence-corrected chi connectivity index (χ3v) is 19.3. The molecule has 4 saturated heterocycles. The van der Waals surface area contributed by atoms with E-state index in [1.807, 2.05) is 0 Å². The summed E-state index contributed by atoms with van der Waals surface area (Å²) in [7, 11) is 0. The lowest BCUT2D eigenvalue weighted by Crippen LogP contribution is -2.50. The zero-order chi connectivity index (χ0) is 61.8. The van der Waals surface area contributed by atoms with Crippen LogP contribution in [0.5, 0.6) is 0 Å². The van der Waals surface area contributed by atoms with Crippen LogP contribution in [0.1, 0.15) is 250 Å². The van der Waals surface area contributed by atoms with Crippen molar-refractivity contribution in [2.75, 3.05) is 91.6 Å². The van der Waals surface area contributed by atoms with Crippen LogP contribution in [-0.4, -0.2) is 173 Å². The number of rotatable bonds is 14. The van der Waals surface area contributed by atoms with Crippen molar-refractivity contribution in [2.24, 2.45) is 47.3 Å². The van der Waals surface area contributed by atoms with Gasteiger partial charge >= 0.3 is 0 Å². The largest absolute Gasteiger partial charge is 0.352 e. The molecule has 0 N–H and O–H groups in total. The summed E-state index contributed by atoms with van der Waals surface area (Å²) in [5.74, 6) is 7.65.